The molecule has 3 aromatic carbocycles. The van der Waals surface area contributed by atoms with E-state index in [2.05, 4.69) is 0 Å². The maximum atomic E-state index is 13.6. The third-order valence-corrected chi connectivity index (χ3v) is 7.33. The van der Waals surface area contributed by atoms with Gasteiger partial charge < -0.3 is 5.11 Å². The monoisotopic (exact) mass is 510 g/mol. The summed E-state index contributed by atoms with van der Waals surface area (Å²) in [6, 6.07) is 18.7. The molecular weight excluding hydrogens is 489 g/mol. The summed E-state index contributed by atoms with van der Waals surface area (Å²) in [5, 5.41) is 12.1. The highest BCUT2D eigenvalue weighted by atomic mass is 32.2. The molecule has 0 amide bonds. The van der Waals surface area contributed by atoms with Crippen LogP contribution in [0.25, 0.3) is 21.9 Å². The minimum absolute atomic E-state index is 0.0810. The number of halogens is 3. The van der Waals surface area contributed by atoms with Crippen LogP contribution >= 0.6 is 11.9 Å². The number of rotatable bonds is 4. The van der Waals surface area contributed by atoms with Gasteiger partial charge in [-0.1, -0.05) is 54.6 Å². The summed E-state index contributed by atoms with van der Waals surface area (Å²) in [6.07, 6.45) is -4.26. The lowest BCUT2D eigenvalue weighted by molar-refractivity contribution is -0.141. The molecule has 1 aliphatic heterocycles. The zero-order valence-electron chi connectivity index (χ0n) is 19.1. The molecule has 0 saturated carbocycles. The minimum atomic E-state index is -4.55. The first-order chi connectivity index (χ1) is 17.1. The van der Waals surface area contributed by atoms with Gasteiger partial charge >= 0.3 is 12.1 Å². The number of carboxylic acid groups (broad SMARTS) is 1. The third kappa shape index (κ3) is 4.40. The molecule has 5 rings (SSSR count). The van der Waals surface area contributed by atoms with E-state index in [0.717, 1.165) is 40.4 Å². The first-order valence-electron chi connectivity index (χ1n) is 11.2. The average molecular weight is 511 g/mol. The van der Waals surface area contributed by atoms with E-state index in [1.807, 2.05) is 42.5 Å². The van der Waals surface area contributed by atoms with Gasteiger partial charge in [-0.2, -0.15) is 13.2 Å². The molecule has 0 radical (unpaired) electrons. The van der Waals surface area contributed by atoms with Crippen LogP contribution in [0.15, 0.2) is 82.6 Å². The summed E-state index contributed by atoms with van der Waals surface area (Å²) in [4.78, 5) is 25.3. The average Bonchev–Trinajstić information content (AvgIpc) is 2.83. The largest absolute Gasteiger partial charge is 0.480 e. The number of alkyl halides is 3. The van der Waals surface area contributed by atoms with Crippen LogP contribution in [0.5, 0.6) is 0 Å². The third-order valence-electron chi connectivity index (χ3n) is 6.30. The summed E-state index contributed by atoms with van der Waals surface area (Å²) >= 11 is 1.16. The van der Waals surface area contributed by atoms with Crippen molar-refractivity contribution in [3.8, 4) is 11.1 Å². The highest BCUT2D eigenvalue weighted by molar-refractivity contribution is 7.97. The lowest BCUT2D eigenvalue weighted by atomic mass is 9.93. The fraction of sp³-hybridized carbons (Fsp3) is 0.185. The SMILES string of the molecule is CN1CC(C(=O)O)n2c(c(-c3cccc(C(F)(F)F)c3)c(Cc3cccc4ccccc34)cc2=O)S1. The van der Waals surface area contributed by atoms with E-state index < -0.39 is 29.3 Å². The molecule has 0 aliphatic carbocycles. The molecule has 2 heterocycles. The summed E-state index contributed by atoms with van der Waals surface area (Å²) in [6.45, 7) is 0.0810. The number of nitrogens with zero attached hydrogens (tertiary/aromatic N) is 2. The minimum Gasteiger partial charge on any atom is -0.480 e. The predicted octanol–water partition coefficient (Wildman–Crippen LogP) is 5.86. The second-order valence-corrected chi connectivity index (χ2v) is 9.90. The molecule has 0 bridgehead atoms. The number of aliphatic carboxylic acids is 1. The Morgan fingerprint density at radius 3 is 2.50 bits per heavy atom. The Morgan fingerprint density at radius 2 is 1.75 bits per heavy atom. The highest BCUT2D eigenvalue weighted by Gasteiger charge is 2.35. The second-order valence-electron chi connectivity index (χ2n) is 8.71. The van der Waals surface area contributed by atoms with Crippen LogP contribution in [0.1, 0.15) is 22.7 Å². The summed E-state index contributed by atoms with van der Waals surface area (Å²) in [5.74, 6) is -1.18. The van der Waals surface area contributed by atoms with E-state index in [9.17, 15) is 27.9 Å². The normalized spacial score (nSPS) is 16.2. The number of hydrogen-bond acceptors (Lipinski definition) is 4. The Hall–Kier alpha value is -3.56. The molecule has 0 saturated heterocycles. The smallest absolute Gasteiger partial charge is 0.416 e. The molecule has 5 nitrogen and oxygen atoms in total. The number of pyridine rings is 1. The van der Waals surface area contributed by atoms with Crippen molar-refractivity contribution in [1.29, 1.82) is 0 Å². The zero-order chi connectivity index (χ0) is 25.6. The molecule has 36 heavy (non-hydrogen) atoms. The molecule has 0 spiro atoms. The first kappa shape index (κ1) is 24.1. The highest BCUT2D eigenvalue weighted by Crippen LogP contribution is 2.42. The van der Waals surface area contributed by atoms with Gasteiger partial charge in [0.2, 0.25) is 0 Å². The summed E-state index contributed by atoms with van der Waals surface area (Å²) in [7, 11) is 1.70. The molecule has 1 atom stereocenters. The van der Waals surface area contributed by atoms with Crippen LogP contribution in [0.4, 0.5) is 13.2 Å². The van der Waals surface area contributed by atoms with E-state index in [4.69, 9.17) is 0 Å². The number of benzene rings is 3. The molecule has 0 fully saturated rings. The molecular formula is C27H21F3N2O3S. The van der Waals surface area contributed by atoms with Gasteiger partial charge in [0.05, 0.1) is 5.56 Å². The van der Waals surface area contributed by atoms with Crippen molar-refractivity contribution in [3.63, 3.8) is 0 Å². The van der Waals surface area contributed by atoms with E-state index in [0.29, 0.717) is 16.2 Å². The van der Waals surface area contributed by atoms with Crippen molar-refractivity contribution in [2.75, 3.05) is 13.6 Å². The molecule has 1 aliphatic rings. The lowest BCUT2D eigenvalue weighted by Crippen LogP contribution is -2.41. The van der Waals surface area contributed by atoms with E-state index >= 15 is 0 Å². The molecule has 1 N–H and O–H groups in total. The summed E-state index contributed by atoms with van der Waals surface area (Å²) in [5.41, 5.74) is 0.838. The van der Waals surface area contributed by atoms with Gasteiger partial charge in [-0.3, -0.25) is 9.36 Å². The lowest BCUT2D eigenvalue weighted by Gasteiger charge is -2.32. The Morgan fingerprint density at radius 1 is 1.03 bits per heavy atom. The van der Waals surface area contributed by atoms with Crippen molar-refractivity contribution < 1.29 is 23.1 Å². The first-order valence-corrected chi connectivity index (χ1v) is 12.0. The number of carboxylic acids is 1. The van der Waals surface area contributed by atoms with Crippen molar-refractivity contribution in [2.45, 2.75) is 23.7 Å². The maximum absolute atomic E-state index is 13.6. The number of fused-ring (bicyclic) bond motifs is 2. The predicted molar refractivity (Wildman–Crippen MR) is 133 cm³/mol. The topological polar surface area (TPSA) is 62.5 Å². The fourth-order valence-corrected chi connectivity index (χ4v) is 5.84. The van der Waals surface area contributed by atoms with Crippen molar-refractivity contribution in [2.24, 2.45) is 0 Å². The van der Waals surface area contributed by atoms with Gasteiger partial charge in [-0.05, 0) is 65.0 Å². The second kappa shape index (κ2) is 9.15. The quantitative estimate of drug-likeness (QED) is 0.349. The Kier molecular flexibility index (Phi) is 6.13. The van der Waals surface area contributed by atoms with Gasteiger partial charge in [0, 0.05) is 18.2 Å². The summed E-state index contributed by atoms with van der Waals surface area (Å²) < 4.78 is 43.7. The van der Waals surface area contributed by atoms with Crippen molar-refractivity contribution >= 4 is 28.7 Å². The van der Waals surface area contributed by atoms with Gasteiger partial charge in [0.1, 0.15) is 11.1 Å². The standard InChI is InChI=1S/C27H21F3N2O3S/c1-31-15-22(26(34)35)32-23(33)14-19(12-17-8-4-7-16-6-2-3-11-21(16)17)24(25(32)36-31)18-9-5-10-20(13-18)27(28,29)30/h2-11,13-14,22H,12,15H2,1H3,(H,34,35). The van der Waals surface area contributed by atoms with Crippen LogP contribution in [0, 0.1) is 0 Å². The van der Waals surface area contributed by atoms with Gasteiger partial charge in [-0.25, -0.2) is 9.10 Å². The van der Waals surface area contributed by atoms with E-state index in [1.165, 1.54) is 16.7 Å². The molecule has 184 valence electrons. The van der Waals surface area contributed by atoms with Crippen LogP contribution < -0.4 is 5.56 Å². The van der Waals surface area contributed by atoms with E-state index in [1.54, 1.807) is 17.4 Å². The van der Waals surface area contributed by atoms with Gasteiger partial charge in [-0.15, -0.1) is 0 Å². The Bertz CT molecular complexity index is 1540. The molecule has 1 unspecified atom stereocenters. The molecule has 1 aromatic heterocycles. The Labute approximate surface area is 208 Å². The maximum Gasteiger partial charge on any atom is 0.416 e. The van der Waals surface area contributed by atoms with Crippen molar-refractivity contribution in [1.82, 2.24) is 8.87 Å². The number of aromatic nitrogens is 1. The van der Waals surface area contributed by atoms with Crippen LogP contribution in [-0.4, -0.2) is 33.5 Å². The van der Waals surface area contributed by atoms with E-state index in [-0.39, 0.29) is 18.5 Å². The van der Waals surface area contributed by atoms with Crippen LogP contribution in [0.2, 0.25) is 0 Å². The van der Waals surface area contributed by atoms with Gasteiger partial charge in [0.15, 0.2) is 0 Å². The number of hydrogen-bond donors (Lipinski definition) is 1. The zero-order valence-corrected chi connectivity index (χ0v) is 19.9. The molecule has 4 aromatic rings. The Balaban J connectivity index is 1.79. The molecule has 9 heteroatoms. The fourth-order valence-electron chi connectivity index (χ4n) is 4.68. The van der Waals surface area contributed by atoms with Crippen LogP contribution in [-0.2, 0) is 17.4 Å². The number of carbonyl (C=O) groups is 1. The van der Waals surface area contributed by atoms with Gasteiger partial charge in [0.25, 0.3) is 5.56 Å². The van der Waals surface area contributed by atoms with Crippen LogP contribution in [0.3, 0.4) is 0 Å². The number of likely N-dealkylation sites (N-methyl/N-ethyl adjacent to an activating group) is 1. The van der Waals surface area contributed by atoms with Crippen molar-refractivity contribution in [3.05, 3.63) is 99.8 Å².